The number of hydrogen-bond donors (Lipinski definition) is 0. The second kappa shape index (κ2) is 6.50. The van der Waals surface area contributed by atoms with E-state index in [9.17, 15) is 4.79 Å². The average molecular weight is 321 g/mol. The molecule has 3 nitrogen and oxygen atoms in total. The molecule has 0 N–H and O–H groups in total. The Balaban J connectivity index is 2.04. The Hall–Kier alpha value is -1.65. The van der Waals surface area contributed by atoms with Crippen molar-refractivity contribution in [3.63, 3.8) is 0 Å². The molecular weight excluding hydrogens is 308 g/mol. The van der Waals surface area contributed by atoms with E-state index in [1.54, 1.807) is 31.4 Å². The molecule has 0 saturated heterocycles. The van der Waals surface area contributed by atoms with Crippen LogP contribution in [0.3, 0.4) is 0 Å². The first-order valence-corrected chi connectivity index (χ1v) is 6.54. The molecule has 0 aliphatic heterocycles. The third-order valence-corrected chi connectivity index (χ3v) is 3.03. The van der Waals surface area contributed by atoms with E-state index in [0.717, 1.165) is 10.2 Å². The van der Waals surface area contributed by atoms with Crippen molar-refractivity contribution < 1.29 is 13.9 Å². The third kappa shape index (κ3) is 3.91. The standard InChI is InChI=1S/C15H13BrO3/c1-18-10-14-7-6-13(19-14)8-9-15(17)11-2-4-12(16)5-3-11/h2-9H,10H2,1H3/b9-8+. The van der Waals surface area contributed by atoms with E-state index in [1.165, 1.54) is 6.08 Å². The van der Waals surface area contributed by atoms with Crippen molar-refractivity contribution in [2.45, 2.75) is 6.61 Å². The molecule has 4 heteroatoms. The number of hydrogen-bond acceptors (Lipinski definition) is 3. The van der Waals surface area contributed by atoms with Gasteiger partial charge in [0.25, 0.3) is 0 Å². The highest BCUT2D eigenvalue weighted by atomic mass is 79.9. The zero-order valence-electron chi connectivity index (χ0n) is 10.4. The van der Waals surface area contributed by atoms with E-state index in [2.05, 4.69) is 15.9 Å². The van der Waals surface area contributed by atoms with Gasteiger partial charge in [0.15, 0.2) is 5.78 Å². The van der Waals surface area contributed by atoms with Crippen molar-refractivity contribution >= 4 is 27.8 Å². The Morgan fingerprint density at radius 2 is 2.00 bits per heavy atom. The minimum Gasteiger partial charge on any atom is -0.459 e. The van der Waals surface area contributed by atoms with Crippen LogP contribution in [-0.2, 0) is 11.3 Å². The van der Waals surface area contributed by atoms with Gasteiger partial charge in [0.1, 0.15) is 18.1 Å². The van der Waals surface area contributed by atoms with Gasteiger partial charge in [-0.2, -0.15) is 0 Å². The van der Waals surface area contributed by atoms with Crippen molar-refractivity contribution in [1.82, 2.24) is 0 Å². The van der Waals surface area contributed by atoms with Gasteiger partial charge in [0.2, 0.25) is 0 Å². The van der Waals surface area contributed by atoms with Crippen LogP contribution < -0.4 is 0 Å². The van der Waals surface area contributed by atoms with E-state index in [4.69, 9.17) is 9.15 Å². The second-order valence-corrected chi connectivity index (χ2v) is 4.86. The largest absolute Gasteiger partial charge is 0.459 e. The maximum absolute atomic E-state index is 11.9. The van der Waals surface area contributed by atoms with Crippen LogP contribution in [0.5, 0.6) is 0 Å². The Kier molecular flexibility index (Phi) is 4.71. The molecule has 19 heavy (non-hydrogen) atoms. The van der Waals surface area contributed by atoms with Gasteiger partial charge in [0, 0.05) is 17.1 Å². The average Bonchev–Trinajstić information content (AvgIpc) is 2.85. The molecule has 0 aliphatic rings. The number of furan rings is 1. The summed E-state index contributed by atoms with van der Waals surface area (Å²) in [5.41, 5.74) is 0.642. The lowest BCUT2D eigenvalue weighted by Gasteiger charge is -1.95. The molecule has 2 rings (SSSR count). The molecule has 0 saturated carbocycles. The molecular formula is C15H13BrO3. The summed E-state index contributed by atoms with van der Waals surface area (Å²) >= 11 is 3.33. The van der Waals surface area contributed by atoms with E-state index >= 15 is 0 Å². The number of allylic oxidation sites excluding steroid dienone is 1. The number of carbonyl (C=O) groups excluding carboxylic acids is 1. The lowest BCUT2D eigenvalue weighted by molar-refractivity contribution is 0.104. The smallest absolute Gasteiger partial charge is 0.185 e. The maximum atomic E-state index is 11.9. The molecule has 0 aliphatic carbocycles. The molecule has 0 amide bonds. The fourth-order valence-corrected chi connectivity index (χ4v) is 1.84. The summed E-state index contributed by atoms with van der Waals surface area (Å²) in [6.07, 6.45) is 3.15. The number of benzene rings is 1. The molecule has 1 heterocycles. The molecule has 2 aromatic rings. The minimum absolute atomic E-state index is 0.0582. The maximum Gasteiger partial charge on any atom is 0.185 e. The van der Waals surface area contributed by atoms with Gasteiger partial charge < -0.3 is 9.15 Å². The summed E-state index contributed by atoms with van der Waals surface area (Å²) in [6.45, 7) is 0.425. The van der Waals surface area contributed by atoms with E-state index < -0.39 is 0 Å². The first kappa shape index (κ1) is 13.8. The van der Waals surface area contributed by atoms with Crippen LogP contribution in [0.1, 0.15) is 21.9 Å². The van der Waals surface area contributed by atoms with Crippen molar-refractivity contribution in [1.29, 1.82) is 0 Å². The van der Waals surface area contributed by atoms with Crippen LogP contribution in [0.25, 0.3) is 6.08 Å². The molecule has 1 aromatic carbocycles. The van der Waals surface area contributed by atoms with Crippen molar-refractivity contribution in [3.05, 3.63) is 64.0 Å². The van der Waals surface area contributed by atoms with Crippen LogP contribution in [0.15, 0.2) is 51.4 Å². The highest BCUT2D eigenvalue weighted by molar-refractivity contribution is 9.10. The molecule has 0 spiro atoms. The van der Waals surface area contributed by atoms with Gasteiger partial charge in [-0.1, -0.05) is 15.9 Å². The summed E-state index contributed by atoms with van der Waals surface area (Å²) in [5.74, 6) is 1.31. The Morgan fingerprint density at radius 1 is 1.26 bits per heavy atom. The first-order valence-electron chi connectivity index (χ1n) is 5.74. The number of methoxy groups -OCH3 is 1. The highest BCUT2D eigenvalue weighted by Crippen LogP contribution is 2.13. The number of ketones is 1. The number of ether oxygens (including phenoxy) is 1. The molecule has 0 unspecified atom stereocenters. The van der Waals surface area contributed by atoms with Gasteiger partial charge in [0.05, 0.1) is 0 Å². The highest BCUT2D eigenvalue weighted by Gasteiger charge is 2.02. The normalized spacial score (nSPS) is 11.1. The topological polar surface area (TPSA) is 39.4 Å². The minimum atomic E-state index is -0.0582. The molecule has 0 fully saturated rings. The lowest BCUT2D eigenvalue weighted by Crippen LogP contribution is -1.92. The van der Waals surface area contributed by atoms with Crippen LogP contribution in [0.2, 0.25) is 0 Å². The van der Waals surface area contributed by atoms with Crippen LogP contribution in [-0.4, -0.2) is 12.9 Å². The number of carbonyl (C=O) groups is 1. The van der Waals surface area contributed by atoms with Crippen LogP contribution >= 0.6 is 15.9 Å². The van der Waals surface area contributed by atoms with Crippen LogP contribution in [0, 0.1) is 0 Å². The Bertz CT molecular complexity index is 582. The SMILES string of the molecule is COCc1ccc(/C=C/C(=O)c2ccc(Br)cc2)o1. The number of halogens is 1. The number of rotatable bonds is 5. The van der Waals surface area contributed by atoms with Gasteiger partial charge in [-0.15, -0.1) is 0 Å². The van der Waals surface area contributed by atoms with Crippen molar-refractivity contribution in [2.24, 2.45) is 0 Å². The summed E-state index contributed by atoms with van der Waals surface area (Å²) in [4.78, 5) is 11.9. The summed E-state index contributed by atoms with van der Waals surface area (Å²) < 4.78 is 11.4. The van der Waals surface area contributed by atoms with E-state index in [1.807, 2.05) is 18.2 Å². The fourth-order valence-electron chi connectivity index (χ4n) is 1.57. The van der Waals surface area contributed by atoms with Crippen LogP contribution in [0.4, 0.5) is 0 Å². The first-order chi connectivity index (χ1) is 9.19. The zero-order valence-corrected chi connectivity index (χ0v) is 12.0. The second-order valence-electron chi connectivity index (χ2n) is 3.94. The monoisotopic (exact) mass is 320 g/mol. The van der Waals surface area contributed by atoms with Crippen molar-refractivity contribution in [3.8, 4) is 0 Å². The van der Waals surface area contributed by atoms with E-state index in [-0.39, 0.29) is 5.78 Å². The molecule has 0 radical (unpaired) electrons. The summed E-state index contributed by atoms with van der Waals surface area (Å²) in [7, 11) is 1.61. The molecule has 0 atom stereocenters. The van der Waals surface area contributed by atoms with Gasteiger partial charge in [-0.3, -0.25) is 4.79 Å². The predicted molar refractivity (Wildman–Crippen MR) is 76.9 cm³/mol. The fraction of sp³-hybridized carbons (Fsp3) is 0.133. The van der Waals surface area contributed by atoms with Gasteiger partial charge in [-0.05, 0) is 48.6 Å². The quantitative estimate of drug-likeness (QED) is 0.615. The van der Waals surface area contributed by atoms with Crippen molar-refractivity contribution in [2.75, 3.05) is 7.11 Å². The summed E-state index contributed by atoms with van der Waals surface area (Å²) in [5, 5.41) is 0. The third-order valence-electron chi connectivity index (χ3n) is 2.50. The molecule has 0 bridgehead atoms. The Morgan fingerprint density at radius 3 is 2.68 bits per heavy atom. The summed E-state index contributed by atoms with van der Waals surface area (Å²) in [6, 6.07) is 10.9. The zero-order chi connectivity index (χ0) is 13.7. The molecule has 98 valence electrons. The predicted octanol–water partition coefficient (Wildman–Crippen LogP) is 4.08. The van der Waals surface area contributed by atoms with Gasteiger partial charge >= 0.3 is 0 Å². The van der Waals surface area contributed by atoms with Gasteiger partial charge in [-0.25, -0.2) is 0 Å². The Labute approximate surface area is 120 Å². The van der Waals surface area contributed by atoms with E-state index in [0.29, 0.717) is 17.9 Å². The molecule has 1 aromatic heterocycles. The lowest BCUT2D eigenvalue weighted by atomic mass is 10.1.